The quantitative estimate of drug-likeness (QED) is 0.678. The number of aromatic amines is 1. The van der Waals surface area contributed by atoms with Crippen LogP contribution in [0.1, 0.15) is 16.7 Å². The van der Waals surface area contributed by atoms with E-state index in [2.05, 4.69) is 9.97 Å². The van der Waals surface area contributed by atoms with Crippen molar-refractivity contribution in [3.63, 3.8) is 0 Å². The zero-order valence-corrected chi connectivity index (χ0v) is 11.0. The molecule has 0 saturated heterocycles. The van der Waals surface area contributed by atoms with Crippen molar-refractivity contribution in [2.45, 2.75) is 20.5 Å². The van der Waals surface area contributed by atoms with Gasteiger partial charge in [-0.2, -0.15) is 4.98 Å². The minimum atomic E-state index is -0.832. The van der Waals surface area contributed by atoms with Crippen molar-refractivity contribution in [1.82, 2.24) is 9.97 Å². The number of aryl methyl sites for hydroxylation is 2. The van der Waals surface area contributed by atoms with Crippen LogP contribution in [-0.4, -0.2) is 14.9 Å². The summed E-state index contributed by atoms with van der Waals surface area (Å²) in [6.07, 6.45) is 1.08. The van der Waals surface area contributed by atoms with Crippen molar-refractivity contribution in [3.05, 3.63) is 61.7 Å². The van der Waals surface area contributed by atoms with Crippen LogP contribution in [-0.2, 0) is 6.61 Å². The molecular formula is C13H13N3O4. The molecule has 2 aromatic rings. The van der Waals surface area contributed by atoms with Crippen LogP contribution in [0.4, 0.5) is 5.69 Å². The molecular weight excluding hydrogens is 262 g/mol. The van der Waals surface area contributed by atoms with E-state index in [-0.39, 0.29) is 12.5 Å². The Hall–Kier alpha value is -2.70. The summed E-state index contributed by atoms with van der Waals surface area (Å²) in [5, 5.41) is 10.8. The van der Waals surface area contributed by atoms with Crippen molar-refractivity contribution in [2.24, 2.45) is 0 Å². The van der Waals surface area contributed by atoms with Gasteiger partial charge < -0.3 is 9.72 Å². The Morgan fingerprint density at radius 3 is 2.85 bits per heavy atom. The average molecular weight is 275 g/mol. The van der Waals surface area contributed by atoms with Gasteiger partial charge in [0.2, 0.25) is 0 Å². The van der Waals surface area contributed by atoms with Crippen LogP contribution in [0.2, 0.25) is 0 Å². The number of nitro groups is 1. The van der Waals surface area contributed by atoms with Gasteiger partial charge in [-0.25, -0.2) is 0 Å². The molecule has 7 heteroatoms. The molecule has 0 bridgehead atoms. The second kappa shape index (κ2) is 5.52. The lowest BCUT2D eigenvalue weighted by Gasteiger charge is -2.08. The molecule has 1 aromatic carbocycles. The predicted octanol–water partition coefficient (Wildman–Crippen LogP) is 1.87. The highest BCUT2D eigenvalue weighted by Gasteiger charge is 2.22. The third-order valence-electron chi connectivity index (χ3n) is 2.85. The Labute approximate surface area is 114 Å². The van der Waals surface area contributed by atoms with E-state index in [1.165, 1.54) is 0 Å². The Morgan fingerprint density at radius 2 is 2.15 bits per heavy atom. The molecule has 0 atom stereocenters. The van der Waals surface area contributed by atoms with Crippen molar-refractivity contribution < 1.29 is 9.66 Å². The van der Waals surface area contributed by atoms with Crippen LogP contribution < -0.4 is 10.3 Å². The van der Waals surface area contributed by atoms with E-state index < -0.39 is 16.2 Å². The number of hydrogen-bond donors (Lipinski definition) is 1. The maximum Gasteiger partial charge on any atom is 0.395 e. The molecule has 2 rings (SSSR count). The van der Waals surface area contributed by atoms with Crippen LogP contribution in [0.5, 0.6) is 5.88 Å². The fraction of sp³-hybridized carbons (Fsp3) is 0.231. The lowest BCUT2D eigenvalue weighted by atomic mass is 10.1. The molecule has 1 aromatic heterocycles. The number of aromatic nitrogens is 2. The maximum absolute atomic E-state index is 11.4. The molecule has 0 radical (unpaired) electrons. The van der Waals surface area contributed by atoms with Crippen molar-refractivity contribution in [2.75, 3.05) is 0 Å². The number of H-pyrrole nitrogens is 1. The minimum absolute atomic E-state index is 0.116. The Balaban J connectivity index is 2.28. The van der Waals surface area contributed by atoms with Gasteiger partial charge >= 0.3 is 17.1 Å². The van der Waals surface area contributed by atoms with E-state index in [0.29, 0.717) is 0 Å². The van der Waals surface area contributed by atoms with Crippen molar-refractivity contribution >= 4 is 5.69 Å². The van der Waals surface area contributed by atoms with E-state index in [4.69, 9.17) is 4.74 Å². The summed E-state index contributed by atoms with van der Waals surface area (Å²) in [6.45, 7) is 3.97. The summed E-state index contributed by atoms with van der Waals surface area (Å²) >= 11 is 0. The monoisotopic (exact) mass is 275 g/mol. The molecule has 1 N–H and O–H groups in total. The number of nitrogens with one attached hydrogen (secondary N) is 1. The zero-order chi connectivity index (χ0) is 14.7. The summed E-state index contributed by atoms with van der Waals surface area (Å²) < 4.78 is 5.33. The van der Waals surface area contributed by atoms with E-state index in [0.717, 1.165) is 23.0 Å². The highest BCUT2D eigenvalue weighted by atomic mass is 16.6. The normalized spacial score (nSPS) is 10.3. The number of rotatable bonds is 4. The maximum atomic E-state index is 11.4. The topological polar surface area (TPSA) is 98.1 Å². The fourth-order valence-electron chi connectivity index (χ4n) is 1.74. The third-order valence-corrected chi connectivity index (χ3v) is 2.85. The van der Waals surface area contributed by atoms with Crippen LogP contribution in [0, 0.1) is 24.0 Å². The molecule has 0 spiro atoms. The summed E-state index contributed by atoms with van der Waals surface area (Å²) in [6, 6.07) is 5.83. The van der Waals surface area contributed by atoms with Crippen molar-refractivity contribution in [3.8, 4) is 5.88 Å². The van der Waals surface area contributed by atoms with Gasteiger partial charge in [0.1, 0.15) is 6.61 Å². The van der Waals surface area contributed by atoms with Crippen LogP contribution in [0.25, 0.3) is 0 Å². The molecule has 104 valence electrons. The van der Waals surface area contributed by atoms with E-state index in [1.807, 2.05) is 32.0 Å². The zero-order valence-electron chi connectivity index (χ0n) is 11.0. The van der Waals surface area contributed by atoms with Crippen LogP contribution >= 0.6 is 0 Å². The SMILES string of the molecule is Cc1ccc(C)c(COc2nc[nH]c(=O)c2[N+](=O)[O-])c1. The fourth-order valence-corrected chi connectivity index (χ4v) is 1.74. The molecule has 20 heavy (non-hydrogen) atoms. The Bertz CT molecular complexity index is 709. The number of ether oxygens (including phenoxy) is 1. The molecule has 0 amide bonds. The van der Waals surface area contributed by atoms with Gasteiger partial charge in [0.05, 0.1) is 11.3 Å². The van der Waals surface area contributed by atoms with E-state index in [1.54, 1.807) is 0 Å². The van der Waals surface area contributed by atoms with Gasteiger partial charge in [-0.3, -0.25) is 14.9 Å². The smallest absolute Gasteiger partial charge is 0.395 e. The second-order valence-electron chi connectivity index (χ2n) is 4.36. The van der Waals surface area contributed by atoms with Gasteiger partial charge in [-0.05, 0) is 25.0 Å². The van der Waals surface area contributed by atoms with Gasteiger partial charge in [0.25, 0.3) is 0 Å². The molecule has 1 heterocycles. The summed E-state index contributed by atoms with van der Waals surface area (Å²) in [7, 11) is 0. The lowest BCUT2D eigenvalue weighted by molar-refractivity contribution is -0.387. The van der Waals surface area contributed by atoms with E-state index >= 15 is 0 Å². The van der Waals surface area contributed by atoms with Crippen LogP contribution in [0.15, 0.2) is 29.3 Å². The first-order valence-electron chi connectivity index (χ1n) is 5.90. The largest absolute Gasteiger partial charge is 0.468 e. The Morgan fingerprint density at radius 1 is 1.40 bits per heavy atom. The van der Waals surface area contributed by atoms with Gasteiger partial charge in [0, 0.05) is 0 Å². The average Bonchev–Trinajstić information content (AvgIpc) is 2.39. The highest BCUT2D eigenvalue weighted by Crippen LogP contribution is 2.20. The molecule has 0 aliphatic rings. The summed E-state index contributed by atoms with van der Waals surface area (Å²) in [5.41, 5.74) is 1.44. The van der Waals surface area contributed by atoms with Gasteiger partial charge in [-0.1, -0.05) is 23.8 Å². The highest BCUT2D eigenvalue weighted by molar-refractivity contribution is 5.38. The van der Waals surface area contributed by atoms with Gasteiger partial charge in [0.15, 0.2) is 0 Å². The molecule has 7 nitrogen and oxygen atoms in total. The van der Waals surface area contributed by atoms with Crippen LogP contribution in [0.3, 0.4) is 0 Å². The minimum Gasteiger partial charge on any atom is -0.468 e. The molecule has 0 saturated carbocycles. The lowest BCUT2D eigenvalue weighted by Crippen LogP contribution is -2.14. The number of benzene rings is 1. The number of hydrogen-bond acceptors (Lipinski definition) is 5. The predicted molar refractivity (Wildman–Crippen MR) is 71.8 cm³/mol. The molecule has 0 aliphatic heterocycles. The summed E-state index contributed by atoms with van der Waals surface area (Å²) in [5.74, 6) is -0.278. The third kappa shape index (κ3) is 2.82. The standard InChI is InChI=1S/C13H13N3O4/c1-8-3-4-9(2)10(5-8)6-20-13-11(16(18)19)12(17)14-7-15-13/h3-5,7H,6H2,1-2H3,(H,14,15,17). The first-order chi connectivity index (χ1) is 9.49. The van der Waals surface area contributed by atoms with Crippen molar-refractivity contribution in [1.29, 1.82) is 0 Å². The number of nitrogens with zero attached hydrogens (tertiary/aromatic N) is 2. The molecule has 0 unspecified atom stereocenters. The Kier molecular flexibility index (Phi) is 3.79. The molecule has 0 aliphatic carbocycles. The van der Waals surface area contributed by atoms with Gasteiger partial charge in [-0.15, -0.1) is 0 Å². The molecule has 0 fully saturated rings. The second-order valence-corrected chi connectivity index (χ2v) is 4.36. The first kappa shape index (κ1) is 13.7. The summed E-state index contributed by atoms with van der Waals surface area (Å²) in [4.78, 5) is 27.3. The first-order valence-corrected chi connectivity index (χ1v) is 5.90. The van der Waals surface area contributed by atoms with E-state index in [9.17, 15) is 14.9 Å².